The van der Waals surface area contributed by atoms with Gasteiger partial charge in [-0.25, -0.2) is 0 Å². The van der Waals surface area contributed by atoms with Crippen molar-refractivity contribution < 1.29 is 18.9 Å². The van der Waals surface area contributed by atoms with Gasteiger partial charge in [-0.2, -0.15) is 5.26 Å². The van der Waals surface area contributed by atoms with Crippen molar-refractivity contribution in [2.24, 2.45) is 4.99 Å². The summed E-state index contributed by atoms with van der Waals surface area (Å²) in [6.45, 7) is 3.66. The second-order valence-electron chi connectivity index (χ2n) is 7.69. The van der Waals surface area contributed by atoms with Crippen molar-refractivity contribution in [3.8, 4) is 29.2 Å². The highest BCUT2D eigenvalue weighted by atomic mass is 35.5. The number of nitrogens with zero attached hydrogens (tertiary/aromatic N) is 3. The van der Waals surface area contributed by atoms with Gasteiger partial charge in [-0.1, -0.05) is 6.92 Å². The maximum Gasteiger partial charge on any atom is 0.231 e. The normalized spacial score (nSPS) is 16.4. The molecule has 1 unspecified atom stereocenters. The van der Waals surface area contributed by atoms with Crippen molar-refractivity contribution in [3.63, 3.8) is 0 Å². The molecule has 0 amide bonds. The molecule has 2 heterocycles. The summed E-state index contributed by atoms with van der Waals surface area (Å²) in [7, 11) is 3.32. The number of halogens is 1. The molecule has 1 atom stereocenters. The molecule has 9 heteroatoms. The minimum absolute atomic E-state index is 0. The van der Waals surface area contributed by atoms with Gasteiger partial charge < -0.3 is 23.8 Å². The van der Waals surface area contributed by atoms with Crippen molar-refractivity contribution in [2.45, 2.75) is 32.2 Å². The van der Waals surface area contributed by atoms with Crippen molar-refractivity contribution in [2.75, 3.05) is 34.1 Å². The predicted octanol–water partition coefficient (Wildman–Crippen LogP) is 3.83. The maximum absolute atomic E-state index is 9.37. The fourth-order valence-corrected chi connectivity index (χ4v) is 4.28. The van der Waals surface area contributed by atoms with Gasteiger partial charge >= 0.3 is 0 Å². The molecule has 2 aromatic carbocycles. The summed E-state index contributed by atoms with van der Waals surface area (Å²) in [6, 6.07) is 9.86. The Balaban J connectivity index is 0.00000306. The van der Waals surface area contributed by atoms with Gasteiger partial charge in [-0.15, -0.1) is 12.4 Å². The highest BCUT2D eigenvalue weighted by molar-refractivity contribution is 5.85. The topological polar surface area (TPSA) is 88.3 Å². The zero-order valence-corrected chi connectivity index (χ0v) is 19.9. The molecule has 2 aliphatic heterocycles. The summed E-state index contributed by atoms with van der Waals surface area (Å²) in [5.74, 6) is 3.67. The molecule has 8 nitrogen and oxygen atoms in total. The molecular weight excluding hydrogens is 444 g/mol. The zero-order chi connectivity index (χ0) is 22.5. The molecule has 4 rings (SSSR count). The quantitative estimate of drug-likeness (QED) is 0.296. The predicted molar refractivity (Wildman–Crippen MR) is 128 cm³/mol. The smallest absolute Gasteiger partial charge is 0.231 e. The number of aliphatic imine (C=N–C) groups is 1. The lowest BCUT2D eigenvalue weighted by Gasteiger charge is -2.39. The molecule has 0 fully saturated rings. The summed E-state index contributed by atoms with van der Waals surface area (Å²) in [5, 5.41) is 12.2. The molecule has 1 N–H and O–H groups in total. The monoisotopic (exact) mass is 472 g/mol. The SMILES string of the molecule is CCCN=C(NC#N)N1CCc2cc3c(cc2C1Cc1cc(OC)ccc1OC)OCO3.Cl. The van der Waals surface area contributed by atoms with E-state index in [1.165, 1.54) is 5.56 Å². The fourth-order valence-electron chi connectivity index (χ4n) is 4.28. The van der Waals surface area contributed by atoms with E-state index in [9.17, 15) is 5.26 Å². The van der Waals surface area contributed by atoms with E-state index in [0.717, 1.165) is 53.5 Å². The highest BCUT2D eigenvalue weighted by Gasteiger charge is 2.33. The average molecular weight is 473 g/mol. The van der Waals surface area contributed by atoms with E-state index in [1.54, 1.807) is 14.2 Å². The van der Waals surface area contributed by atoms with Crippen LogP contribution < -0.4 is 24.3 Å². The molecule has 2 aliphatic rings. The summed E-state index contributed by atoms with van der Waals surface area (Å²) in [5.41, 5.74) is 3.36. The number of guanidine groups is 1. The Bertz CT molecular complexity index is 1050. The number of rotatable bonds is 6. The molecule has 2 aromatic rings. The van der Waals surface area contributed by atoms with Crippen LogP contribution in [0.4, 0.5) is 0 Å². The van der Waals surface area contributed by atoms with E-state index in [2.05, 4.69) is 40.5 Å². The third kappa shape index (κ3) is 5.04. The average Bonchev–Trinajstić information content (AvgIpc) is 3.28. The lowest BCUT2D eigenvalue weighted by atomic mass is 9.88. The number of fused-ring (bicyclic) bond motifs is 2. The first-order valence-corrected chi connectivity index (χ1v) is 10.8. The molecule has 0 saturated heterocycles. The van der Waals surface area contributed by atoms with Gasteiger partial charge in [0.1, 0.15) is 11.5 Å². The number of ether oxygens (including phenoxy) is 4. The number of nitriles is 1. The van der Waals surface area contributed by atoms with Gasteiger partial charge in [0.2, 0.25) is 12.8 Å². The maximum atomic E-state index is 9.37. The van der Waals surface area contributed by atoms with Crippen molar-refractivity contribution in [1.29, 1.82) is 5.26 Å². The van der Waals surface area contributed by atoms with E-state index < -0.39 is 0 Å². The first-order valence-electron chi connectivity index (χ1n) is 10.8. The molecule has 0 aliphatic carbocycles. The molecular formula is C24H29ClN4O4. The molecule has 0 radical (unpaired) electrons. The Hall–Kier alpha value is -3.31. The number of hydrogen-bond acceptors (Lipinski definition) is 6. The summed E-state index contributed by atoms with van der Waals surface area (Å²) in [4.78, 5) is 6.84. The Morgan fingerprint density at radius 2 is 2.00 bits per heavy atom. The van der Waals surface area contributed by atoms with E-state index >= 15 is 0 Å². The van der Waals surface area contributed by atoms with Crippen LogP contribution in [0.2, 0.25) is 0 Å². The van der Waals surface area contributed by atoms with E-state index in [-0.39, 0.29) is 25.2 Å². The van der Waals surface area contributed by atoms with Gasteiger partial charge in [0.05, 0.1) is 20.3 Å². The lowest BCUT2D eigenvalue weighted by molar-refractivity contribution is 0.174. The Labute approximate surface area is 200 Å². The van der Waals surface area contributed by atoms with Crippen LogP contribution in [-0.4, -0.2) is 45.0 Å². The Morgan fingerprint density at radius 1 is 1.21 bits per heavy atom. The van der Waals surface area contributed by atoms with Crippen LogP contribution in [0.5, 0.6) is 23.0 Å². The minimum atomic E-state index is -0.0780. The van der Waals surface area contributed by atoms with Gasteiger partial charge in [-0.05, 0) is 54.3 Å². The molecule has 33 heavy (non-hydrogen) atoms. The summed E-state index contributed by atoms with van der Waals surface area (Å²) < 4.78 is 22.4. The molecule has 0 aromatic heterocycles. The second-order valence-corrected chi connectivity index (χ2v) is 7.69. The fraction of sp³-hybridized carbons (Fsp3) is 0.417. The lowest BCUT2D eigenvalue weighted by Crippen LogP contribution is -2.46. The van der Waals surface area contributed by atoms with Crippen LogP contribution in [0.25, 0.3) is 0 Å². The van der Waals surface area contributed by atoms with Gasteiger partial charge in [0.15, 0.2) is 17.7 Å². The largest absolute Gasteiger partial charge is 0.497 e. The van der Waals surface area contributed by atoms with Gasteiger partial charge in [0, 0.05) is 25.1 Å². The van der Waals surface area contributed by atoms with Gasteiger partial charge in [0.25, 0.3) is 0 Å². The number of hydrogen-bond donors (Lipinski definition) is 1. The molecule has 0 bridgehead atoms. The van der Waals surface area contributed by atoms with Crippen LogP contribution >= 0.6 is 12.4 Å². The molecule has 0 spiro atoms. The van der Waals surface area contributed by atoms with Crippen LogP contribution in [0.1, 0.15) is 36.1 Å². The standard InChI is InChI=1S/C24H28N4O4.ClH/c1-4-8-26-24(27-14-25)28-9-7-16-12-22-23(32-15-31-22)13-19(16)20(28)11-17-10-18(29-2)5-6-21(17)30-3;/h5-6,10,12-13,20H,4,7-9,11,15H2,1-3H3,(H,26,27);1H. The first-order chi connectivity index (χ1) is 15.7. The number of benzene rings is 2. The minimum Gasteiger partial charge on any atom is -0.497 e. The Kier molecular flexibility index (Phi) is 8.12. The van der Waals surface area contributed by atoms with E-state index in [0.29, 0.717) is 18.9 Å². The van der Waals surface area contributed by atoms with Crippen molar-refractivity contribution in [3.05, 3.63) is 47.0 Å². The van der Waals surface area contributed by atoms with Gasteiger partial charge in [-0.3, -0.25) is 10.3 Å². The van der Waals surface area contributed by atoms with Crippen LogP contribution in [0.15, 0.2) is 35.3 Å². The van der Waals surface area contributed by atoms with Crippen molar-refractivity contribution in [1.82, 2.24) is 10.2 Å². The van der Waals surface area contributed by atoms with E-state index in [1.807, 2.05) is 18.2 Å². The van der Waals surface area contributed by atoms with Crippen LogP contribution in [0, 0.1) is 11.5 Å². The molecule has 176 valence electrons. The second kappa shape index (κ2) is 11.0. The molecule has 0 saturated carbocycles. The highest BCUT2D eigenvalue weighted by Crippen LogP contribution is 2.42. The number of nitrogens with one attached hydrogen (secondary N) is 1. The zero-order valence-electron chi connectivity index (χ0n) is 19.1. The number of methoxy groups -OCH3 is 2. The third-order valence-corrected chi connectivity index (χ3v) is 5.82. The summed E-state index contributed by atoms with van der Waals surface area (Å²) in [6.07, 6.45) is 4.41. The third-order valence-electron chi connectivity index (χ3n) is 5.82. The van der Waals surface area contributed by atoms with Crippen molar-refractivity contribution >= 4 is 18.4 Å². The first kappa shape index (κ1) is 24.3. The Morgan fingerprint density at radius 3 is 2.70 bits per heavy atom. The van der Waals surface area contributed by atoms with Crippen LogP contribution in [-0.2, 0) is 12.8 Å². The van der Waals surface area contributed by atoms with Crippen LogP contribution in [0.3, 0.4) is 0 Å². The summed E-state index contributed by atoms with van der Waals surface area (Å²) >= 11 is 0. The van der Waals surface area contributed by atoms with E-state index in [4.69, 9.17) is 18.9 Å².